The maximum absolute atomic E-state index is 4.54. The summed E-state index contributed by atoms with van der Waals surface area (Å²) in [6.45, 7) is 0. The maximum Gasteiger partial charge on any atom is 0.139 e. The molecule has 0 amide bonds. The van der Waals surface area contributed by atoms with Crippen molar-refractivity contribution < 1.29 is 0 Å². The second-order valence-electron chi connectivity index (χ2n) is 5.38. The van der Waals surface area contributed by atoms with Crippen molar-refractivity contribution in [3.05, 3.63) is 27.4 Å². The molecule has 1 heterocycles. The van der Waals surface area contributed by atoms with Crippen molar-refractivity contribution in [2.24, 2.45) is 0 Å². The number of hydrogen-bond acceptors (Lipinski definition) is 3. The molecule has 0 saturated heterocycles. The van der Waals surface area contributed by atoms with Gasteiger partial charge in [-0.3, -0.25) is 0 Å². The molecule has 1 aliphatic carbocycles. The van der Waals surface area contributed by atoms with Crippen LogP contribution in [0.5, 0.6) is 0 Å². The van der Waals surface area contributed by atoms with E-state index < -0.39 is 0 Å². The second-order valence-corrected chi connectivity index (χ2v) is 7.15. The minimum absolute atomic E-state index is 0.597. The van der Waals surface area contributed by atoms with Crippen LogP contribution in [0.15, 0.2) is 27.4 Å². The van der Waals surface area contributed by atoms with Gasteiger partial charge < -0.3 is 4.90 Å². The molecular formula is C15H17Br2N3. The van der Waals surface area contributed by atoms with Crippen LogP contribution in [0.2, 0.25) is 0 Å². The van der Waals surface area contributed by atoms with Gasteiger partial charge in [-0.25, -0.2) is 9.97 Å². The van der Waals surface area contributed by atoms with Crippen molar-refractivity contribution in [1.82, 2.24) is 9.97 Å². The molecule has 3 nitrogen and oxygen atoms in total. The molecule has 1 aromatic carbocycles. The molecule has 0 unspecified atom stereocenters. The summed E-state index contributed by atoms with van der Waals surface area (Å²) in [5.41, 5.74) is 0.973. The molecule has 1 aliphatic rings. The van der Waals surface area contributed by atoms with E-state index in [2.05, 4.69) is 59.8 Å². The largest absolute Gasteiger partial charge is 0.356 e. The highest BCUT2D eigenvalue weighted by molar-refractivity contribution is 9.11. The van der Waals surface area contributed by atoms with Gasteiger partial charge in [0.25, 0.3) is 0 Å². The van der Waals surface area contributed by atoms with E-state index in [9.17, 15) is 0 Å². The maximum atomic E-state index is 4.54. The number of anilines is 1. The first-order valence-corrected chi connectivity index (χ1v) is 8.58. The lowest BCUT2D eigenvalue weighted by atomic mass is 9.94. The monoisotopic (exact) mass is 397 g/mol. The zero-order valence-corrected chi connectivity index (χ0v) is 14.6. The summed E-state index contributed by atoms with van der Waals surface area (Å²) in [6, 6.07) is 4.73. The van der Waals surface area contributed by atoms with E-state index in [0.29, 0.717) is 6.04 Å². The fraction of sp³-hybridized carbons (Fsp3) is 0.467. The standard InChI is InChI=1S/C15H17Br2N3/c1-20(11-5-3-2-4-6-11)15-12-7-10(16)8-13(17)14(12)18-9-19-15/h7-9,11H,2-6H2,1H3. The topological polar surface area (TPSA) is 29.0 Å². The van der Waals surface area contributed by atoms with Gasteiger partial charge in [0.05, 0.1) is 5.52 Å². The summed E-state index contributed by atoms with van der Waals surface area (Å²) >= 11 is 7.15. The number of benzene rings is 1. The Balaban J connectivity index is 2.06. The molecule has 1 saturated carbocycles. The number of nitrogens with zero attached hydrogens (tertiary/aromatic N) is 3. The van der Waals surface area contributed by atoms with E-state index in [-0.39, 0.29) is 0 Å². The van der Waals surface area contributed by atoms with Gasteiger partial charge in [-0.2, -0.15) is 0 Å². The highest BCUT2D eigenvalue weighted by atomic mass is 79.9. The molecule has 0 aliphatic heterocycles. The van der Waals surface area contributed by atoms with Gasteiger partial charge in [0.2, 0.25) is 0 Å². The lowest BCUT2D eigenvalue weighted by Gasteiger charge is -2.32. The number of fused-ring (bicyclic) bond motifs is 1. The van der Waals surface area contributed by atoms with Gasteiger partial charge in [0.1, 0.15) is 12.1 Å². The predicted octanol–water partition coefficient (Wildman–Crippen LogP) is 4.92. The highest BCUT2D eigenvalue weighted by Gasteiger charge is 2.21. The van der Waals surface area contributed by atoms with Crippen LogP contribution in [0.4, 0.5) is 5.82 Å². The smallest absolute Gasteiger partial charge is 0.139 e. The molecule has 1 fully saturated rings. The lowest BCUT2D eigenvalue weighted by Crippen LogP contribution is -2.34. The lowest BCUT2D eigenvalue weighted by molar-refractivity contribution is 0.426. The van der Waals surface area contributed by atoms with Gasteiger partial charge in [-0.15, -0.1) is 0 Å². The zero-order chi connectivity index (χ0) is 14.1. The van der Waals surface area contributed by atoms with E-state index in [4.69, 9.17) is 0 Å². The minimum Gasteiger partial charge on any atom is -0.356 e. The van der Waals surface area contributed by atoms with Crippen LogP contribution in [0, 0.1) is 0 Å². The Morgan fingerprint density at radius 1 is 1.10 bits per heavy atom. The number of rotatable bonds is 2. The summed E-state index contributed by atoms with van der Waals surface area (Å²) in [5.74, 6) is 1.03. The summed E-state index contributed by atoms with van der Waals surface area (Å²) in [4.78, 5) is 11.3. The number of hydrogen-bond donors (Lipinski definition) is 0. The van der Waals surface area contributed by atoms with Gasteiger partial charge in [-0.1, -0.05) is 35.2 Å². The molecule has 20 heavy (non-hydrogen) atoms. The molecule has 0 radical (unpaired) electrons. The van der Waals surface area contributed by atoms with Crippen molar-refractivity contribution in [1.29, 1.82) is 0 Å². The normalized spacial score (nSPS) is 16.6. The Bertz CT molecular complexity index is 624. The predicted molar refractivity (Wildman–Crippen MR) is 90.2 cm³/mol. The van der Waals surface area contributed by atoms with Crippen LogP contribution in [0.1, 0.15) is 32.1 Å². The molecule has 0 bridgehead atoms. The van der Waals surface area contributed by atoms with Crippen LogP contribution in [0.25, 0.3) is 10.9 Å². The van der Waals surface area contributed by atoms with Crippen LogP contribution < -0.4 is 4.90 Å². The van der Waals surface area contributed by atoms with Crippen LogP contribution in [-0.2, 0) is 0 Å². The van der Waals surface area contributed by atoms with Crippen LogP contribution in [0.3, 0.4) is 0 Å². The van der Waals surface area contributed by atoms with Crippen LogP contribution in [-0.4, -0.2) is 23.1 Å². The number of halogens is 2. The highest BCUT2D eigenvalue weighted by Crippen LogP contribution is 2.33. The van der Waals surface area contributed by atoms with Crippen molar-refractivity contribution in [3.63, 3.8) is 0 Å². The third-order valence-electron chi connectivity index (χ3n) is 4.09. The molecule has 106 valence electrons. The Kier molecular flexibility index (Phi) is 4.26. The molecule has 3 rings (SSSR count). The Morgan fingerprint density at radius 2 is 1.85 bits per heavy atom. The molecule has 0 spiro atoms. The first-order chi connectivity index (χ1) is 9.66. The van der Waals surface area contributed by atoms with Gasteiger partial charge >= 0.3 is 0 Å². The first-order valence-electron chi connectivity index (χ1n) is 6.99. The quantitative estimate of drug-likeness (QED) is 0.718. The molecule has 1 aromatic heterocycles. The van der Waals surface area contributed by atoms with E-state index in [1.807, 2.05) is 6.07 Å². The van der Waals surface area contributed by atoms with Gasteiger partial charge in [0.15, 0.2) is 0 Å². The second kappa shape index (κ2) is 5.98. The SMILES string of the molecule is CN(c1ncnc2c(Br)cc(Br)cc12)C1CCCCC1. The summed E-state index contributed by atoms with van der Waals surface area (Å²) in [7, 11) is 2.16. The molecular weight excluding hydrogens is 382 g/mol. The minimum atomic E-state index is 0.597. The Hall–Kier alpha value is -0.680. The van der Waals surface area contributed by atoms with E-state index in [1.165, 1.54) is 32.1 Å². The zero-order valence-electron chi connectivity index (χ0n) is 11.4. The fourth-order valence-electron chi connectivity index (χ4n) is 3.00. The average molecular weight is 399 g/mol. The average Bonchev–Trinajstić information content (AvgIpc) is 2.47. The Labute approximate surface area is 136 Å². The molecule has 2 aromatic rings. The fourth-order valence-corrected chi connectivity index (χ4v) is 4.33. The molecule has 0 atom stereocenters. The molecule has 5 heteroatoms. The third-order valence-corrected chi connectivity index (χ3v) is 5.15. The van der Waals surface area contributed by atoms with Gasteiger partial charge in [-0.05, 0) is 40.9 Å². The summed E-state index contributed by atoms with van der Waals surface area (Å²) in [5, 5.41) is 1.10. The van der Waals surface area contributed by atoms with Crippen molar-refractivity contribution in [3.8, 4) is 0 Å². The number of aromatic nitrogens is 2. The third kappa shape index (κ3) is 2.70. The first kappa shape index (κ1) is 14.3. The van der Waals surface area contributed by atoms with Gasteiger partial charge in [0, 0.05) is 27.4 Å². The van der Waals surface area contributed by atoms with Crippen molar-refractivity contribution in [2.75, 3.05) is 11.9 Å². The summed E-state index contributed by atoms with van der Waals surface area (Å²) in [6.07, 6.45) is 8.20. The van der Waals surface area contributed by atoms with Crippen molar-refractivity contribution in [2.45, 2.75) is 38.1 Å². The van der Waals surface area contributed by atoms with Crippen molar-refractivity contribution >= 4 is 48.6 Å². The van der Waals surface area contributed by atoms with E-state index >= 15 is 0 Å². The summed E-state index contributed by atoms with van der Waals surface area (Å²) < 4.78 is 2.05. The van der Waals surface area contributed by atoms with E-state index in [0.717, 1.165) is 25.7 Å². The van der Waals surface area contributed by atoms with Crippen LogP contribution >= 0.6 is 31.9 Å². The molecule has 0 N–H and O–H groups in total. The Morgan fingerprint density at radius 3 is 2.60 bits per heavy atom. The van der Waals surface area contributed by atoms with E-state index in [1.54, 1.807) is 6.33 Å².